The Hall–Kier alpha value is -2.89. The molecule has 0 radical (unpaired) electrons. The van der Waals surface area contributed by atoms with Crippen LogP contribution in [0.2, 0.25) is 0 Å². The zero-order valence-electron chi connectivity index (χ0n) is 19.2. The summed E-state index contributed by atoms with van der Waals surface area (Å²) in [7, 11) is 0. The molecule has 0 unspecified atom stereocenters. The van der Waals surface area contributed by atoms with Gasteiger partial charge in [0.2, 0.25) is 0 Å². The van der Waals surface area contributed by atoms with E-state index in [-0.39, 0.29) is 17.0 Å². The number of nitrogens with one attached hydrogen (secondary N) is 1. The van der Waals surface area contributed by atoms with Crippen LogP contribution in [0.1, 0.15) is 55.4 Å². The molecule has 0 spiro atoms. The fourth-order valence-electron chi connectivity index (χ4n) is 3.71. The van der Waals surface area contributed by atoms with Gasteiger partial charge in [0.1, 0.15) is 21.8 Å². The van der Waals surface area contributed by atoms with Crippen molar-refractivity contribution in [2.45, 2.75) is 53.1 Å². The highest BCUT2D eigenvalue weighted by Crippen LogP contribution is 2.35. The Kier molecular flexibility index (Phi) is 8.48. The molecule has 0 aliphatic carbocycles. The quantitative estimate of drug-likeness (QED) is 0.400. The summed E-state index contributed by atoms with van der Waals surface area (Å²) >= 11 is 6.71. The molecule has 8 heteroatoms. The molecule has 1 aliphatic heterocycles. The minimum atomic E-state index is -0.319. The highest BCUT2D eigenvalue weighted by Gasteiger charge is 2.32. The van der Waals surface area contributed by atoms with Gasteiger partial charge in [-0.3, -0.25) is 19.1 Å². The van der Waals surface area contributed by atoms with Gasteiger partial charge in [0.15, 0.2) is 0 Å². The Morgan fingerprint density at radius 3 is 2.52 bits per heavy atom. The molecule has 0 atom stereocenters. The number of hydrogen-bond donors (Lipinski definition) is 1. The number of carbonyl (C=O) groups excluding carboxylic acids is 1. The van der Waals surface area contributed by atoms with E-state index in [1.165, 1.54) is 11.8 Å². The molecule has 33 heavy (non-hydrogen) atoms. The fourth-order valence-corrected chi connectivity index (χ4v) is 5.00. The first-order chi connectivity index (χ1) is 15.9. The molecule has 6 nitrogen and oxygen atoms in total. The maximum Gasteiger partial charge on any atom is 0.270 e. The van der Waals surface area contributed by atoms with Crippen LogP contribution in [-0.4, -0.2) is 26.2 Å². The van der Waals surface area contributed by atoms with Gasteiger partial charge in [0.25, 0.3) is 11.5 Å². The second-order valence-corrected chi connectivity index (χ2v) is 9.53. The van der Waals surface area contributed by atoms with Crippen LogP contribution in [0.4, 0.5) is 5.82 Å². The fraction of sp³-hybridized carbons (Fsp3) is 0.360. The molecule has 1 fully saturated rings. The van der Waals surface area contributed by atoms with Crippen LogP contribution in [0.3, 0.4) is 0 Å². The van der Waals surface area contributed by atoms with Crippen LogP contribution in [-0.2, 0) is 17.9 Å². The molecule has 0 saturated carbocycles. The highest BCUT2D eigenvalue weighted by atomic mass is 32.2. The molecule has 1 saturated heterocycles. The van der Waals surface area contributed by atoms with Gasteiger partial charge in [-0.25, -0.2) is 0 Å². The standard InChI is InChI=1S/C25H28N4O2S2/c1-4-6-13-29-24(31)21(33-25(29)32)14-19-17(3)20(15-26)23(30)28(12-5-2)22(19)27-16-18-10-8-7-9-11-18/h7-11,14,27H,4-6,12-13,16H2,1-3H3/b21-14+. The summed E-state index contributed by atoms with van der Waals surface area (Å²) in [6.45, 7) is 7.37. The van der Waals surface area contributed by atoms with Crippen molar-refractivity contribution in [3.05, 3.63) is 67.8 Å². The lowest BCUT2D eigenvalue weighted by Crippen LogP contribution is -2.29. The largest absolute Gasteiger partial charge is 0.367 e. The van der Waals surface area contributed by atoms with Gasteiger partial charge < -0.3 is 5.32 Å². The maximum atomic E-state index is 13.1. The molecule has 2 aromatic rings. The molecule has 1 aliphatic rings. The van der Waals surface area contributed by atoms with Gasteiger partial charge in [-0.2, -0.15) is 5.26 Å². The summed E-state index contributed by atoms with van der Waals surface area (Å²) < 4.78 is 2.15. The predicted molar refractivity (Wildman–Crippen MR) is 139 cm³/mol. The number of rotatable bonds is 9. The van der Waals surface area contributed by atoms with E-state index in [4.69, 9.17) is 12.2 Å². The molecular weight excluding hydrogens is 452 g/mol. The van der Waals surface area contributed by atoms with Crippen LogP contribution < -0.4 is 10.9 Å². The van der Waals surface area contributed by atoms with Crippen LogP contribution >= 0.6 is 24.0 Å². The molecule has 1 amide bonds. The number of thiocarbonyl (C=S) groups is 1. The van der Waals surface area contributed by atoms with Crippen LogP contribution in [0.25, 0.3) is 6.08 Å². The first-order valence-electron chi connectivity index (χ1n) is 11.1. The predicted octanol–water partition coefficient (Wildman–Crippen LogP) is 5.05. The second-order valence-electron chi connectivity index (χ2n) is 7.86. The monoisotopic (exact) mass is 480 g/mol. The molecule has 3 rings (SSSR count). The summed E-state index contributed by atoms with van der Waals surface area (Å²) in [4.78, 5) is 28.3. The Bertz CT molecular complexity index is 1180. The number of amides is 1. The number of anilines is 1. The van der Waals surface area contributed by atoms with E-state index in [0.717, 1.165) is 24.8 Å². The smallest absolute Gasteiger partial charge is 0.270 e. The van der Waals surface area contributed by atoms with Crippen molar-refractivity contribution in [1.82, 2.24) is 9.47 Å². The van der Waals surface area contributed by atoms with Crippen molar-refractivity contribution >= 4 is 46.1 Å². The Morgan fingerprint density at radius 1 is 1.15 bits per heavy atom. The normalized spacial score (nSPS) is 14.7. The molecular formula is C25H28N4O2S2. The zero-order chi connectivity index (χ0) is 24.0. The Labute approximate surface area is 204 Å². The van der Waals surface area contributed by atoms with Crippen molar-refractivity contribution in [1.29, 1.82) is 5.26 Å². The lowest BCUT2D eigenvalue weighted by Gasteiger charge is -2.20. The summed E-state index contributed by atoms with van der Waals surface area (Å²) in [6, 6.07) is 12.0. The van der Waals surface area contributed by atoms with E-state index in [0.29, 0.717) is 45.8 Å². The van der Waals surface area contributed by atoms with Crippen molar-refractivity contribution in [3.8, 4) is 6.07 Å². The van der Waals surface area contributed by atoms with E-state index in [2.05, 4.69) is 18.3 Å². The minimum absolute atomic E-state index is 0.0985. The highest BCUT2D eigenvalue weighted by molar-refractivity contribution is 8.26. The lowest BCUT2D eigenvalue weighted by molar-refractivity contribution is -0.122. The van der Waals surface area contributed by atoms with Gasteiger partial charge in [0.05, 0.1) is 4.91 Å². The van der Waals surface area contributed by atoms with Crippen molar-refractivity contribution in [3.63, 3.8) is 0 Å². The topological polar surface area (TPSA) is 78.1 Å². The molecule has 1 N–H and O–H groups in total. The number of aromatic nitrogens is 1. The van der Waals surface area contributed by atoms with Gasteiger partial charge in [-0.1, -0.05) is 74.6 Å². The van der Waals surface area contributed by atoms with Crippen molar-refractivity contribution in [2.24, 2.45) is 0 Å². The van der Waals surface area contributed by atoms with Gasteiger partial charge in [-0.05, 0) is 37.0 Å². The van der Waals surface area contributed by atoms with E-state index >= 15 is 0 Å². The Balaban J connectivity index is 2.12. The number of benzene rings is 1. The third-order valence-corrected chi connectivity index (χ3v) is 6.89. The van der Waals surface area contributed by atoms with Crippen LogP contribution in [0, 0.1) is 18.3 Å². The van der Waals surface area contributed by atoms with E-state index in [1.807, 2.05) is 37.3 Å². The van der Waals surface area contributed by atoms with Crippen LogP contribution in [0.5, 0.6) is 0 Å². The van der Waals surface area contributed by atoms with Gasteiger partial charge >= 0.3 is 0 Å². The molecule has 0 bridgehead atoms. The van der Waals surface area contributed by atoms with Crippen molar-refractivity contribution < 1.29 is 4.79 Å². The van der Waals surface area contributed by atoms with E-state index < -0.39 is 0 Å². The Morgan fingerprint density at radius 2 is 1.88 bits per heavy atom. The average molecular weight is 481 g/mol. The van der Waals surface area contributed by atoms with E-state index in [9.17, 15) is 14.9 Å². The summed E-state index contributed by atoms with van der Waals surface area (Å²) in [5.74, 6) is 0.486. The molecule has 1 aromatic heterocycles. The number of nitriles is 1. The first-order valence-corrected chi connectivity index (χ1v) is 12.4. The van der Waals surface area contributed by atoms with Gasteiger partial charge in [-0.15, -0.1) is 0 Å². The van der Waals surface area contributed by atoms with Gasteiger partial charge in [0, 0.05) is 25.2 Å². The van der Waals surface area contributed by atoms with E-state index in [1.54, 1.807) is 22.5 Å². The lowest BCUT2D eigenvalue weighted by atomic mass is 10.0. The summed E-state index contributed by atoms with van der Waals surface area (Å²) in [5.41, 5.74) is 2.07. The minimum Gasteiger partial charge on any atom is -0.367 e. The third-order valence-electron chi connectivity index (χ3n) is 5.51. The number of nitrogens with zero attached hydrogens (tertiary/aromatic N) is 3. The number of thioether (sulfide) groups is 1. The summed E-state index contributed by atoms with van der Waals surface area (Å²) in [5, 5.41) is 13.1. The maximum absolute atomic E-state index is 13.1. The number of unbranched alkanes of at least 4 members (excludes halogenated alkanes) is 1. The average Bonchev–Trinajstić information content (AvgIpc) is 3.08. The number of hydrogen-bond acceptors (Lipinski definition) is 6. The third kappa shape index (κ3) is 5.37. The van der Waals surface area contributed by atoms with Crippen LogP contribution in [0.15, 0.2) is 40.0 Å². The first kappa shape index (κ1) is 24.7. The molecule has 2 heterocycles. The number of pyridine rings is 1. The van der Waals surface area contributed by atoms with Crippen molar-refractivity contribution in [2.75, 3.05) is 11.9 Å². The zero-order valence-corrected chi connectivity index (χ0v) is 20.8. The summed E-state index contributed by atoms with van der Waals surface area (Å²) in [6.07, 6.45) is 4.35. The second kappa shape index (κ2) is 11.3. The molecule has 172 valence electrons. The SMILES string of the molecule is CCCCN1C(=O)/C(=C\c2c(C)c(C#N)c(=O)n(CCC)c2NCc2ccccc2)SC1=S. The number of carbonyl (C=O) groups is 1. The molecule has 1 aromatic carbocycles.